The number of hydrogen-bond acceptors (Lipinski definition) is 5. The van der Waals surface area contributed by atoms with E-state index >= 15 is 0 Å². The Hall–Kier alpha value is -3.48. The molecule has 0 aromatic heterocycles. The van der Waals surface area contributed by atoms with Crippen LogP contribution in [-0.2, 0) is 0 Å². The molecule has 0 aliphatic carbocycles. The van der Waals surface area contributed by atoms with E-state index in [-0.39, 0.29) is 41.1 Å². The summed E-state index contributed by atoms with van der Waals surface area (Å²) in [5.41, 5.74) is 1.11. The summed E-state index contributed by atoms with van der Waals surface area (Å²) in [6.45, 7) is 7.89. The molecule has 2 aliphatic rings. The van der Waals surface area contributed by atoms with Crippen LogP contribution in [0.15, 0.2) is 36.4 Å². The number of anilines is 1. The van der Waals surface area contributed by atoms with Crippen molar-refractivity contribution in [3.8, 4) is 5.75 Å². The topological polar surface area (TPSA) is 92.8 Å². The Morgan fingerprint density at radius 1 is 1.03 bits per heavy atom. The number of hydrogen-bond donors (Lipinski definition) is 1. The zero-order valence-corrected chi connectivity index (χ0v) is 17.9. The van der Waals surface area contributed by atoms with Gasteiger partial charge in [0.2, 0.25) is 0 Å². The smallest absolute Gasteiger partial charge is 0.261 e. The first-order valence-electron chi connectivity index (χ1n) is 10.2. The molecule has 2 aromatic rings. The lowest BCUT2D eigenvalue weighted by Crippen LogP contribution is -2.35. The van der Waals surface area contributed by atoms with Gasteiger partial charge in [0.25, 0.3) is 17.7 Å². The van der Waals surface area contributed by atoms with Crippen LogP contribution in [0.3, 0.4) is 0 Å². The van der Waals surface area contributed by atoms with Crippen LogP contribution in [0.25, 0.3) is 0 Å². The maximum absolute atomic E-state index is 12.8. The molecule has 3 amide bonds. The molecule has 0 spiro atoms. The SMILES string of the molecule is CC(C)CN1C(=O)c2ccc(C(=O)Nc3ccc4c(c3)C(=O)CC(C)(C)O4)cc2C1=O. The minimum Gasteiger partial charge on any atom is -0.487 e. The molecule has 31 heavy (non-hydrogen) atoms. The molecule has 0 saturated carbocycles. The third-order valence-electron chi connectivity index (χ3n) is 5.29. The highest BCUT2D eigenvalue weighted by molar-refractivity contribution is 6.22. The predicted octanol–water partition coefficient (Wildman–Crippen LogP) is 3.93. The largest absolute Gasteiger partial charge is 0.487 e. The van der Waals surface area contributed by atoms with E-state index in [1.165, 1.54) is 23.1 Å². The van der Waals surface area contributed by atoms with Crippen LogP contribution in [0.2, 0.25) is 0 Å². The summed E-state index contributed by atoms with van der Waals surface area (Å²) < 4.78 is 5.84. The van der Waals surface area contributed by atoms with Crippen molar-refractivity contribution in [3.05, 3.63) is 58.7 Å². The Kier molecular flexibility index (Phi) is 4.92. The number of imide groups is 1. The zero-order valence-electron chi connectivity index (χ0n) is 17.9. The van der Waals surface area contributed by atoms with Crippen molar-refractivity contribution >= 4 is 29.2 Å². The normalized spacial score (nSPS) is 16.8. The highest BCUT2D eigenvalue weighted by Crippen LogP contribution is 2.34. The van der Waals surface area contributed by atoms with E-state index in [1.54, 1.807) is 18.2 Å². The number of carbonyl (C=O) groups is 4. The average molecular weight is 420 g/mol. The first kappa shape index (κ1) is 20.8. The van der Waals surface area contributed by atoms with Gasteiger partial charge in [0.15, 0.2) is 5.78 Å². The molecule has 2 heterocycles. The molecule has 1 N–H and O–H groups in total. The van der Waals surface area contributed by atoms with Crippen molar-refractivity contribution < 1.29 is 23.9 Å². The number of ketones is 1. The number of rotatable bonds is 4. The lowest BCUT2D eigenvalue weighted by atomic mass is 9.93. The van der Waals surface area contributed by atoms with Gasteiger partial charge in [-0.25, -0.2) is 0 Å². The van der Waals surface area contributed by atoms with Crippen molar-refractivity contribution in [2.24, 2.45) is 5.92 Å². The van der Waals surface area contributed by atoms with Crippen LogP contribution in [0.1, 0.15) is 75.5 Å². The molecule has 7 heteroatoms. The Morgan fingerprint density at radius 3 is 2.45 bits per heavy atom. The van der Waals surface area contributed by atoms with Crippen molar-refractivity contribution in [2.75, 3.05) is 11.9 Å². The summed E-state index contributed by atoms with van der Waals surface area (Å²) >= 11 is 0. The molecule has 0 saturated heterocycles. The summed E-state index contributed by atoms with van der Waals surface area (Å²) in [5, 5.41) is 2.75. The fraction of sp³-hybridized carbons (Fsp3) is 0.333. The molecule has 0 fully saturated rings. The van der Waals surface area contributed by atoms with Crippen molar-refractivity contribution in [1.82, 2.24) is 4.90 Å². The first-order chi connectivity index (χ1) is 14.6. The fourth-order valence-electron chi connectivity index (χ4n) is 3.90. The second kappa shape index (κ2) is 7.34. The molecule has 4 rings (SSSR count). The second-order valence-electron chi connectivity index (χ2n) is 9.00. The molecule has 2 aliphatic heterocycles. The molecule has 0 atom stereocenters. The molecule has 160 valence electrons. The predicted molar refractivity (Wildman–Crippen MR) is 115 cm³/mol. The van der Waals surface area contributed by atoms with Crippen molar-refractivity contribution in [1.29, 1.82) is 0 Å². The van der Waals surface area contributed by atoms with E-state index in [9.17, 15) is 19.2 Å². The first-order valence-corrected chi connectivity index (χ1v) is 10.2. The lowest BCUT2D eigenvalue weighted by Gasteiger charge is -2.31. The summed E-state index contributed by atoms with van der Waals surface area (Å²) in [4.78, 5) is 51.6. The number of nitrogens with one attached hydrogen (secondary N) is 1. The van der Waals surface area contributed by atoms with Crippen molar-refractivity contribution in [2.45, 2.75) is 39.7 Å². The molecular weight excluding hydrogens is 396 g/mol. The quantitative estimate of drug-likeness (QED) is 0.757. The Labute approximate surface area is 180 Å². The summed E-state index contributed by atoms with van der Waals surface area (Å²) in [6, 6.07) is 9.40. The van der Waals surface area contributed by atoms with Crippen LogP contribution >= 0.6 is 0 Å². The van der Waals surface area contributed by atoms with Gasteiger partial charge in [-0.15, -0.1) is 0 Å². The number of nitrogens with zero attached hydrogens (tertiary/aromatic N) is 1. The Bertz CT molecular complexity index is 1130. The molecule has 0 unspecified atom stereocenters. The molecular formula is C24H24N2O5. The number of fused-ring (bicyclic) bond motifs is 2. The lowest BCUT2D eigenvalue weighted by molar-refractivity contribution is 0.0612. The van der Waals surface area contributed by atoms with Gasteiger partial charge >= 0.3 is 0 Å². The summed E-state index contributed by atoms with van der Waals surface area (Å²) in [5.74, 6) is -0.569. The van der Waals surface area contributed by atoms with E-state index < -0.39 is 11.5 Å². The van der Waals surface area contributed by atoms with Gasteiger partial charge in [-0.1, -0.05) is 13.8 Å². The van der Waals surface area contributed by atoms with Crippen LogP contribution < -0.4 is 10.1 Å². The van der Waals surface area contributed by atoms with E-state index in [2.05, 4.69) is 5.32 Å². The maximum Gasteiger partial charge on any atom is 0.261 e. The van der Waals surface area contributed by atoms with Gasteiger partial charge in [0.05, 0.1) is 23.1 Å². The highest BCUT2D eigenvalue weighted by Gasteiger charge is 2.36. The van der Waals surface area contributed by atoms with Gasteiger partial charge in [0.1, 0.15) is 11.4 Å². The molecule has 2 aromatic carbocycles. The van der Waals surface area contributed by atoms with E-state index in [0.29, 0.717) is 29.1 Å². The number of ether oxygens (including phenoxy) is 1. The Balaban J connectivity index is 1.56. The van der Waals surface area contributed by atoms with Crippen LogP contribution in [0, 0.1) is 5.92 Å². The van der Waals surface area contributed by atoms with Gasteiger partial charge in [-0.2, -0.15) is 0 Å². The standard InChI is InChI=1S/C24H24N2O5/c1-13(2)12-26-22(29)16-7-5-14(9-17(16)23(26)30)21(28)25-15-6-8-20-18(10-15)19(27)11-24(3,4)31-20/h5-10,13H,11-12H2,1-4H3,(H,25,28). The van der Waals surface area contributed by atoms with E-state index in [0.717, 1.165) is 0 Å². The number of Topliss-reactive ketones (excluding diaryl/α,β-unsaturated/α-hetero) is 1. The Morgan fingerprint density at radius 2 is 1.74 bits per heavy atom. The third-order valence-corrected chi connectivity index (χ3v) is 5.29. The van der Waals surface area contributed by atoms with Crippen LogP contribution in [0.4, 0.5) is 5.69 Å². The van der Waals surface area contributed by atoms with Gasteiger partial charge in [0, 0.05) is 17.8 Å². The van der Waals surface area contributed by atoms with Gasteiger partial charge in [-0.05, 0) is 56.2 Å². The average Bonchev–Trinajstić information content (AvgIpc) is 2.92. The summed E-state index contributed by atoms with van der Waals surface area (Å²) in [6.07, 6.45) is 0.255. The number of benzene rings is 2. The van der Waals surface area contributed by atoms with E-state index in [1.807, 2.05) is 27.7 Å². The highest BCUT2D eigenvalue weighted by atomic mass is 16.5. The monoisotopic (exact) mass is 420 g/mol. The second-order valence-corrected chi connectivity index (χ2v) is 9.00. The summed E-state index contributed by atoms with van der Waals surface area (Å²) in [7, 11) is 0. The number of carbonyl (C=O) groups excluding carboxylic acids is 4. The van der Waals surface area contributed by atoms with Gasteiger partial charge < -0.3 is 10.1 Å². The number of amides is 3. The van der Waals surface area contributed by atoms with Crippen molar-refractivity contribution in [3.63, 3.8) is 0 Å². The minimum absolute atomic E-state index is 0.0470. The minimum atomic E-state index is -0.563. The van der Waals surface area contributed by atoms with Crippen LogP contribution in [-0.4, -0.2) is 40.6 Å². The zero-order chi connectivity index (χ0) is 22.5. The fourth-order valence-corrected chi connectivity index (χ4v) is 3.90. The maximum atomic E-state index is 12.8. The van der Waals surface area contributed by atoms with Crippen LogP contribution in [0.5, 0.6) is 5.75 Å². The third kappa shape index (κ3) is 3.83. The molecule has 0 bridgehead atoms. The molecule has 7 nitrogen and oxygen atoms in total. The molecule has 0 radical (unpaired) electrons. The van der Waals surface area contributed by atoms with Gasteiger partial charge in [-0.3, -0.25) is 24.1 Å². The van der Waals surface area contributed by atoms with E-state index in [4.69, 9.17) is 4.74 Å².